The lowest BCUT2D eigenvalue weighted by atomic mass is 10.1. The van der Waals surface area contributed by atoms with Gasteiger partial charge in [0.2, 0.25) is 0 Å². The third kappa shape index (κ3) is 2.76. The molecule has 0 saturated heterocycles. The lowest BCUT2D eigenvalue weighted by Crippen LogP contribution is -1.85. The number of rotatable bonds is 3. The molecule has 0 bridgehead atoms. The van der Waals surface area contributed by atoms with E-state index in [9.17, 15) is 0 Å². The van der Waals surface area contributed by atoms with Gasteiger partial charge in [-0.2, -0.15) is 0 Å². The molecule has 0 unspecified atom stereocenters. The first kappa shape index (κ1) is 13.0. The molecule has 5 heteroatoms. The van der Waals surface area contributed by atoms with Crippen molar-refractivity contribution in [1.29, 1.82) is 0 Å². The number of benzene rings is 2. The Morgan fingerprint density at radius 3 is 2.50 bits per heavy atom. The highest BCUT2D eigenvalue weighted by atomic mass is 35.5. The molecule has 0 atom stereocenters. The van der Waals surface area contributed by atoms with Crippen LogP contribution in [-0.4, -0.2) is 4.98 Å². The maximum absolute atomic E-state index is 6.26. The first-order valence-electron chi connectivity index (χ1n) is 5.96. The van der Waals surface area contributed by atoms with Gasteiger partial charge in [-0.1, -0.05) is 59.3 Å². The van der Waals surface area contributed by atoms with Crippen LogP contribution in [0.5, 0.6) is 10.9 Å². The number of ether oxygens (including phenoxy) is 1. The number of aromatic nitrogens is 1. The van der Waals surface area contributed by atoms with Crippen LogP contribution in [0.2, 0.25) is 5.02 Å². The molecule has 3 rings (SSSR count). The van der Waals surface area contributed by atoms with Crippen molar-refractivity contribution in [1.82, 2.24) is 4.98 Å². The molecule has 1 heterocycles. The number of nitrogen functional groups attached to an aromatic ring is 1. The topological polar surface area (TPSA) is 48.1 Å². The van der Waals surface area contributed by atoms with Crippen molar-refractivity contribution in [2.75, 3.05) is 5.73 Å². The molecule has 20 heavy (non-hydrogen) atoms. The van der Waals surface area contributed by atoms with Crippen LogP contribution in [0, 0.1) is 0 Å². The first-order valence-corrected chi connectivity index (χ1v) is 7.16. The van der Waals surface area contributed by atoms with E-state index in [2.05, 4.69) is 4.98 Å². The summed E-state index contributed by atoms with van der Waals surface area (Å²) in [6.45, 7) is 0. The Kier molecular flexibility index (Phi) is 3.58. The van der Waals surface area contributed by atoms with Gasteiger partial charge < -0.3 is 10.5 Å². The van der Waals surface area contributed by atoms with Crippen LogP contribution < -0.4 is 10.5 Å². The average Bonchev–Trinajstić information content (AvgIpc) is 2.87. The van der Waals surface area contributed by atoms with Gasteiger partial charge in [0.1, 0.15) is 10.8 Å². The van der Waals surface area contributed by atoms with Crippen molar-refractivity contribution in [2.45, 2.75) is 0 Å². The Hall–Kier alpha value is -2.04. The number of hydrogen-bond donors (Lipinski definition) is 1. The first-order chi connectivity index (χ1) is 9.72. The SMILES string of the molecule is Nc1cnc(Oc2ccc(-c3ccccc3)cc2Cl)s1. The second-order valence-electron chi connectivity index (χ2n) is 4.14. The lowest BCUT2D eigenvalue weighted by Gasteiger charge is -2.07. The molecule has 100 valence electrons. The Labute approximate surface area is 125 Å². The molecule has 0 amide bonds. The van der Waals surface area contributed by atoms with Crippen molar-refractivity contribution in [3.05, 3.63) is 59.8 Å². The molecule has 2 aromatic carbocycles. The summed E-state index contributed by atoms with van der Waals surface area (Å²) in [5, 5.41) is 1.63. The Bertz CT molecular complexity index is 728. The highest BCUT2D eigenvalue weighted by Gasteiger charge is 2.08. The van der Waals surface area contributed by atoms with Crippen LogP contribution in [0.3, 0.4) is 0 Å². The van der Waals surface area contributed by atoms with Crippen molar-refractivity contribution in [3.63, 3.8) is 0 Å². The molecule has 3 aromatic rings. The Morgan fingerprint density at radius 1 is 1.05 bits per heavy atom. The number of nitrogens with two attached hydrogens (primary N) is 1. The molecule has 1 aromatic heterocycles. The number of thiazole rings is 1. The summed E-state index contributed by atoms with van der Waals surface area (Å²) < 4.78 is 5.62. The molecule has 3 nitrogen and oxygen atoms in total. The van der Waals surface area contributed by atoms with Crippen LogP contribution in [0.4, 0.5) is 5.00 Å². The van der Waals surface area contributed by atoms with E-state index in [1.54, 1.807) is 6.20 Å². The molecular formula is C15H11ClN2OS. The summed E-state index contributed by atoms with van der Waals surface area (Å²) in [4.78, 5) is 4.05. The molecule has 0 fully saturated rings. The van der Waals surface area contributed by atoms with Crippen LogP contribution in [0.25, 0.3) is 11.1 Å². The molecule has 0 radical (unpaired) electrons. The van der Waals surface area contributed by atoms with Crippen LogP contribution in [-0.2, 0) is 0 Å². The third-order valence-corrected chi connectivity index (χ3v) is 3.74. The number of nitrogens with zero attached hydrogens (tertiary/aromatic N) is 1. The zero-order valence-corrected chi connectivity index (χ0v) is 12.0. The maximum atomic E-state index is 6.26. The molecule has 0 aliphatic rings. The second kappa shape index (κ2) is 5.53. The summed E-state index contributed by atoms with van der Waals surface area (Å²) in [6, 6.07) is 15.7. The summed E-state index contributed by atoms with van der Waals surface area (Å²) in [5.74, 6) is 0.570. The van der Waals surface area contributed by atoms with Crippen molar-refractivity contribution in [2.24, 2.45) is 0 Å². The van der Waals surface area contributed by atoms with Gasteiger partial charge in [-0.3, -0.25) is 0 Å². The summed E-state index contributed by atoms with van der Waals surface area (Å²) in [6.07, 6.45) is 1.56. The maximum Gasteiger partial charge on any atom is 0.280 e. The summed E-state index contributed by atoms with van der Waals surface area (Å²) in [7, 11) is 0. The standard InChI is InChI=1S/C15H11ClN2OS/c16-12-8-11(10-4-2-1-3-5-10)6-7-13(12)19-15-18-9-14(17)20-15/h1-9H,17H2. The fraction of sp³-hybridized carbons (Fsp3) is 0. The normalized spacial score (nSPS) is 10.4. The smallest absolute Gasteiger partial charge is 0.280 e. The summed E-state index contributed by atoms with van der Waals surface area (Å²) in [5.41, 5.74) is 7.77. The van der Waals surface area contributed by atoms with E-state index >= 15 is 0 Å². The number of anilines is 1. The quantitative estimate of drug-likeness (QED) is 0.753. The minimum Gasteiger partial charge on any atom is -0.429 e. The minimum atomic E-state index is 0.483. The van der Waals surface area contributed by atoms with Crippen LogP contribution in [0.1, 0.15) is 0 Å². The molecule has 0 aliphatic carbocycles. The van der Waals surface area contributed by atoms with E-state index in [1.807, 2.05) is 48.5 Å². The van der Waals surface area contributed by atoms with E-state index in [-0.39, 0.29) is 0 Å². The van der Waals surface area contributed by atoms with Crippen LogP contribution in [0.15, 0.2) is 54.7 Å². The fourth-order valence-electron chi connectivity index (χ4n) is 1.80. The van der Waals surface area contributed by atoms with Gasteiger partial charge in [0.25, 0.3) is 5.19 Å². The minimum absolute atomic E-state index is 0.483. The van der Waals surface area contributed by atoms with Gasteiger partial charge in [-0.25, -0.2) is 4.98 Å². The van der Waals surface area contributed by atoms with Crippen molar-refractivity contribution < 1.29 is 4.74 Å². The van der Waals surface area contributed by atoms with E-state index < -0.39 is 0 Å². The van der Waals surface area contributed by atoms with Gasteiger partial charge in [0.05, 0.1) is 11.2 Å². The van der Waals surface area contributed by atoms with Crippen molar-refractivity contribution in [3.8, 4) is 22.1 Å². The fourth-order valence-corrected chi connectivity index (χ4v) is 2.57. The predicted octanol–water partition coefficient (Wildman–Crippen LogP) is 4.84. The molecule has 2 N–H and O–H groups in total. The summed E-state index contributed by atoms with van der Waals surface area (Å²) >= 11 is 7.53. The number of halogens is 1. The second-order valence-corrected chi connectivity index (χ2v) is 5.57. The van der Waals surface area contributed by atoms with Gasteiger partial charge in [-0.05, 0) is 23.3 Å². The molecular weight excluding hydrogens is 292 g/mol. The van der Waals surface area contributed by atoms with E-state index in [0.29, 0.717) is 21.0 Å². The van der Waals surface area contributed by atoms with Gasteiger partial charge in [0.15, 0.2) is 0 Å². The average molecular weight is 303 g/mol. The zero-order valence-electron chi connectivity index (χ0n) is 10.4. The predicted molar refractivity (Wildman–Crippen MR) is 83.5 cm³/mol. The Morgan fingerprint density at radius 2 is 1.85 bits per heavy atom. The number of hydrogen-bond acceptors (Lipinski definition) is 4. The van der Waals surface area contributed by atoms with Gasteiger partial charge in [-0.15, -0.1) is 0 Å². The third-order valence-electron chi connectivity index (χ3n) is 2.74. The Balaban J connectivity index is 1.88. The van der Waals surface area contributed by atoms with Gasteiger partial charge in [0, 0.05) is 0 Å². The van der Waals surface area contributed by atoms with E-state index in [1.165, 1.54) is 11.3 Å². The highest BCUT2D eigenvalue weighted by Crippen LogP contribution is 2.35. The molecule has 0 aliphatic heterocycles. The van der Waals surface area contributed by atoms with Crippen LogP contribution >= 0.6 is 22.9 Å². The van der Waals surface area contributed by atoms with Crippen molar-refractivity contribution >= 4 is 27.9 Å². The monoisotopic (exact) mass is 302 g/mol. The van der Waals surface area contributed by atoms with Gasteiger partial charge >= 0.3 is 0 Å². The van der Waals surface area contributed by atoms with E-state index in [4.69, 9.17) is 22.1 Å². The molecule has 0 saturated carbocycles. The van der Waals surface area contributed by atoms with E-state index in [0.717, 1.165) is 11.1 Å². The molecule has 0 spiro atoms. The largest absolute Gasteiger partial charge is 0.429 e. The zero-order chi connectivity index (χ0) is 13.9. The lowest BCUT2D eigenvalue weighted by molar-refractivity contribution is 0.479. The highest BCUT2D eigenvalue weighted by molar-refractivity contribution is 7.17.